The molecule has 3 aromatic heterocycles. The van der Waals surface area contributed by atoms with Gasteiger partial charge in [-0.25, -0.2) is 9.50 Å². The van der Waals surface area contributed by atoms with Crippen molar-refractivity contribution in [2.45, 2.75) is 26.7 Å². The van der Waals surface area contributed by atoms with Crippen LogP contribution >= 0.6 is 0 Å². The first-order valence-electron chi connectivity index (χ1n) is 9.55. The Hall–Kier alpha value is -3.27. The molecule has 0 radical (unpaired) electrons. The minimum absolute atomic E-state index is 0.0352. The van der Waals surface area contributed by atoms with Gasteiger partial charge in [-0.15, -0.1) is 0 Å². The minimum Gasteiger partial charge on any atom is -0.293 e. The summed E-state index contributed by atoms with van der Waals surface area (Å²) < 4.78 is 1.74. The van der Waals surface area contributed by atoms with Crippen molar-refractivity contribution in [1.29, 1.82) is 5.26 Å². The number of hydrogen-bond donors (Lipinski definition) is 0. The number of amides is 1. The van der Waals surface area contributed by atoms with E-state index in [4.69, 9.17) is 4.98 Å². The van der Waals surface area contributed by atoms with Crippen LogP contribution in [-0.2, 0) is 4.79 Å². The van der Waals surface area contributed by atoms with Crippen LogP contribution in [0.4, 0.5) is 5.82 Å². The second-order valence-electron chi connectivity index (χ2n) is 7.87. The van der Waals surface area contributed by atoms with Crippen LogP contribution in [0.15, 0.2) is 36.8 Å². The van der Waals surface area contributed by atoms with Gasteiger partial charge in [0.1, 0.15) is 10.9 Å². The molecule has 0 N–H and O–H groups in total. The number of carbonyl (C=O) groups is 1. The Kier molecular flexibility index (Phi) is 3.53. The zero-order valence-corrected chi connectivity index (χ0v) is 15.8. The van der Waals surface area contributed by atoms with Gasteiger partial charge in [0.15, 0.2) is 5.82 Å². The molecule has 140 valence electrons. The van der Waals surface area contributed by atoms with E-state index in [1.807, 2.05) is 38.2 Å². The van der Waals surface area contributed by atoms with E-state index in [9.17, 15) is 10.1 Å². The maximum atomic E-state index is 13.4. The maximum absolute atomic E-state index is 13.4. The predicted molar refractivity (Wildman–Crippen MR) is 103 cm³/mol. The molecule has 1 aliphatic carbocycles. The molecule has 2 aliphatic rings. The van der Waals surface area contributed by atoms with Crippen LogP contribution in [0.3, 0.4) is 0 Å². The maximum Gasteiger partial charge on any atom is 0.249 e. The highest BCUT2D eigenvalue weighted by molar-refractivity contribution is 6.04. The first-order chi connectivity index (χ1) is 13.5. The Morgan fingerprint density at radius 2 is 2.11 bits per heavy atom. The Morgan fingerprint density at radius 3 is 2.79 bits per heavy atom. The highest BCUT2D eigenvalue weighted by Gasteiger charge is 2.61. The zero-order valence-electron chi connectivity index (χ0n) is 15.8. The van der Waals surface area contributed by atoms with E-state index in [0.717, 1.165) is 29.6 Å². The standard InChI is InChI=1S/C21H20N6O/c1-13-10-26(20(28)21(13,12-22)16-5-6-16)19-18-7-8-24-27(18)11-17(25-19)15-4-3-14(2)23-9-15/h3-4,7-9,11,13,16H,5-6,10H2,1-2H3/t13-,21+/m1/s1. The highest BCUT2D eigenvalue weighted by atomic mass is 16.2. The minimum atomic E-state index is -0.930. The molecule has 2 fully saturated rings. The first-order valence-corrected chi connectivity index (χ1v) is 9.55. The number of hydrogen-bond acceptors (Lipinski definition) is 5. The smallest absolute Gasteiger partial charge is 0.249 e. The average molecular weight is 372 g/mol. The molecule has 0 bridgehead atoms. The van der Waals surface area contributed by atoms with E-state index in [1.54, 1.807) is 21.8 Å². The number of carbonyl (C=O) groups excluding carboxylic acids is 1. The van der Waals surface area contributed by atoms with Crippen molar-refractivity contribution in [3.8, 4) is 17.3 Å². The van der Waals surface area contributed by atoms with E-state index < -0.39 is 5.41 Å². The van der Waals surface area contributed by atoms with Crippen molar-refractivity contribution in [2.24, 2.45) is 17.3 Å². The van der Waals surface area contributed by atoms with E-state index in [1.165, 1.54) is 0 Å². The van der Waals surface area contributed by atoms with Gasteiger partial charge >= 0.3 is 0 Å². The van der Waals surface area contributed by atoms with E-state index in [0.29, 0.717) is 18.1 Å². The van der Waals surface area contributed by atoms with Crippen LogP contribution in [0.25, 0.3) is 16.8 Å². The quantitative estimate of drug-likeness (QED) is 0.705. The molecule has 0 unspecified atom stereocenters. The summed E-state index contributed by atoms with van der Waals surface area (Å²) in [6.45, 7) is 4.43. The van der Waals surface area contributed by atoms with Gasteiger partial charge in [0.25, 0.3) is 0 Å². The third kappa shape index (κ3) is 2.27. The monoisotopic (exact) mass is 372 g/mol. The lowest BCUT2D eigenvalue weighted by Crippen LogP contribution is -2.37. The fraction of sp³-hybridized carbons (Fsp3) is 0.381. The second kappa shape index (κ2) is 5.86. The van der Waals surface area contributed by atoms with E-state index in [-0.39, 0.29) is 17.7 Å². The molecular formula is C21H20N6O. The Balaban J connectivity index is 1.65. The van der Waals surface area contributed by atoms with Crippen molar-refractivity contribution < 1.29 is 4.79 Å². The molecule has 1 aliphatic heterocycles. The average Bonchev–Trinajstić information content (AvgIpc) is 3.37. The van der Waals surface area contributed by atoms with Crippen LogP contribution < -0.4 is 4.90 Å². The molecule has 1 saturated carbocycles. The fourth-order valence-corrected chi connectivity index (χ4v) is 4.35. The van der Waals surface area contributed by atoms with Gasteiger partial charge in [0.2, 0.25) is 5.91 Å². The summed E-state index contributed by atoms with van der Waals surface area (Å²) in [7, 11) is 0. The van der Waals surface area contributed by atoms with Crippen molar-refractivity contribution in [3.05, 3.63) is 42.5 Å². The summed E-state index contributed by atoms with van der Waals surface area (Å²) in [5, 5.41) is 14.3. The molecule has 28 heavy (non-hydrogen) atoms. The van der Waals surface area contributed by atoms with E-state index in [2.05, 4.69) is 16.2 Å². The number of anilines is 1. The summed E-state index contributed by atoms with van der Waals surface area (Å²) in [5.74, 6) is 0.562. The number of aromatic nitrogens is 4. The molecule has 7 heteroatoms. The summed E-state index contributed by atoms with van der Waals surface area (Å²) in [6.07, 6.45) is 7.20. The first kappa shape index (κ1) is 16.9. The summed E-state index contributed by atoms with van der Waals surface area (Å²) in [5.41, 5.74) is 2.31. The number of nitriles is 1. The summed E-state index contributed by atoms with van der Waals surface area (Å²) in [6, 6.07) is 8.12. The Labute approximate surface area is 162 Å². The zero-order chi connectivity index (χ0) is 19.5. The van der Waals surface area contributed by atoms with Crippen molar-refractivity contribution in [3.63, 3.8) is 0 Å². The molecule has 3 aromatic rings. The largest absolute Gasteiger partial charge is 0.293 e. The normalized spacial score (nSPS) is 24.7. The predicted octanol–water partition coefficient (Wildman–Crippen LogP) is 3.00. The van der Waals surface area contributed by atoms with Gasteiger partial charge in [-0.05, 0) is 43.9 Å². The molecule has 0 aromatic carbocycles. The second-order valence-corrected chi connectivity index (χ2v) is 7.87. The molecule has 1 amide bonds. The van der Waals surface area contributed by atoms with Gasteiger partial charge in [-0.2, -0.15) is 10.4 Å². The topological polar surface area (TPSA) is 87.2 Å². The fourth-order valence-electron chi connectivity index (χ4n) is 4.35. The van der Waals surface area contributed by atoms with Crippen LogP contribution in [0.5, 0.6) is 0 Å². The SMILES string of the molecule is Cc1ccc(-c2cn3nccc3c(N3C[C@@H](C)[C@@](C#N)(C4CC4)C3=O)n2)cn1. The summed E-state index contributed by atoms with van der Waals surface area (Å²) >= 11 is 0. The third-order valence-corrected chi connectivity index (χ3v) is 6.07. The van der Waals surface area contributed by atoms with E-state index >= 15 is 0 Å². The van der Waals surface area contributed by atoms with Gasteiger partial charge in [-0.3, -0.25) is 14.7 Å². The molecular weight excluding hydrogens is 352 g/mol. The number of fused-ring (bicyclic) bond motifs is 1. The van der Waals surface area contributed by atoms with Gasteiger partial charge in [0.05, 0.1) is 24.2 Å². The Morgan fingerprint density at radius 1 is 1.29 bits per heavy atom. The number of pyridine rings is 1. The molecule has 4 heterocycles. The number of nitrogens with zero attached hydrogens (tertiary/aromatic N) is 6. The van der Waals surface area contributed by atoms with Crippen molar-refractivity contribution in [2.75, 3.05) is 11.4 Å². The Bertz CT molecular complexity index is 1120. The van der Waals surface area contributed by atoms with Crippen molar-refractivity contribution in [1.82, 2.24) is 19.6 Å². The lowest BCUT2D eigenvalue weighted by atomic mass is 9.75. The molecule has 0 spiro atoms. The lowest BCUT2D eigenvalue weighted by molar-refractivity contribution is -0.124. The number of rotatable bonds is 3. The molecule has 2 atom stereocenters. The van der Waals surface area contributed by atoms with Gasteiger partial charge in [-0.1, -0.05) is 6.92 Å². The van der Waals surface area contributed by atoms with Crippen LogP contribution in [-0.4, -0.2) is 32.0 Å². The molecule has 7 nitrogen and oxygen atoms in total. The molecule has 1 saturated heterocycles. The van der Waals surface area contributed by atoms with Gasteiger partial charge in [0, 0.05) is 29.9 Å². The molecule has 5 rings (SSSR count). The van der Waals surface area contributed by atoms with Crippen LogP contribution in [0.2, 0.25) is 0 Å². The number of aryl methyl sites for hydroxylation is 1. The summed E-state index contributed by atoms with van der Waals surface area (Å²) in [4.78, 5) is 24.3. The van der Waals surface area contributed by atoms with Gasteiger partial charge < -0.3 is 0 Å². The van der Waals surface area contributed by atoms with Crippen LogP contribution in [0.1, 0.15) is 25.5 Å². The third-order valence-electron chi connectivity index (χ3n) is 6.07. The lowest BCUT2D eigenvalue weighted by Gasteiger charge is -2.23. The van der Waals surface area contributed by atoms with Crippen molar-refractivity contribution >= 4 is 17.2 Å². The van der Waals surface area contributed by atoms with Crippen LogP contribution in [0, 0.1) is 35.5 Å². The highest BCUT2D eigenvalue weighted by Crippen LogP contribution is 2.54.